The number of hydrogen-bond acceptors (Lipinski definition) is 1. The topological polar surface area (TPSA) is 12.0 Å². The summed E-state index contributed by atoms with van der Waals surface area (Å²) in [5.41, 5.74) is 3.82. The molecular weight excluding hydrogens is 218 g/mol. The van der Waals surface area contributed by atoms with Gasteiger partial charge in [0, 0.05) is 12.0 Å². The Bertz CT molecular complexity index is 408. The van der Waals surface area contributed by atoms with Crippen molar-refractivity contribution >= 4 is 0 Å². The molecule has 0 spiro atoms. The number of benzene rings is 1. The number of aryl methyl sites for hydroxylation is 1. The Labute approximate surface area is 112 Å². The summed E-state index contributed by atoms with van der Waals surface area (Å²) in [5.74, 6) is 0.852. The molecule has 1 heteroatoms. The Hall–Kier alpha value is -0.820. The predicted octanol–water partition coefficient (Wildman–Crippen LogP) is 3.91. The van der Waals surface area contributed by atoms with Gasteiger partial charge in [-0.05, 0) is 49.3 Å². The summed E-state index contributed by atoms with van der Waals surface area (Å²) >= 11 is 0. The summed E-state index contributed by atoms with van der Waals surface area (Å²) in [4.78, 5) is 0. The van der Waals surface area contributed by atoms with Crippen molar-refractivity contribution < 1.29 is 0 Å². The molecule has 1 N–H and O–H groups in total. The summed E-state index contributed by atoms with van der Waals surface area (Å²) < 4.78 is 0. The van der Waals surface area contributed by atoms with E-state index in [1.165, 1.54) is 18.4 Å². The van der Waals surface area contributed by atoms with Crippen LogP contribution in [-0.2, 0) is 5.41 Å². The second-order valence-corrected chi connectivity index (χ2v) is 7.10. The Morgan fingerprint density at radius 2 is 1.83 bits per heavy atom. The van der Waals surface area contributed by atoms with Crippen molar-refractivity contribution in [2.75, 3.05) is 13.6 Å². The van der Waals surface area contributed by atoms with Crippen molar-refractivity contribution in [3.05, 3.63) is 35.4 Å². The van der Waals surface area contributed by atoms with Crippen LogP contribution in [0, 0.1) is 18.3 Å². The molecule has 1 aliphatic rings. The van der Waals surface area contributed by atoms with Crippen molar-refractivity contribution in [2.45, 2.75) is 46.0 Å². The van der Waals surface area contributed by atoms with E-state index in [0.717, 1.165) is 12.5 Å². The second kappa shape index (κ2) is 4.70. The van der Waals surface area contributed by atoms with Gasteiger partial charge < -0.3 is 5.32 Å². The van der Waals surface area contributed by atoms with Crippen molar-refractivity contribution in [2.24, 2.45) is 11.3 Å². The molecule has 1 aliphatic carbocycles. The zero-order valence-electron chi connectivity index (χ0n) is 12.5. The van der Waals surface area contributed by atoms with E-state index in [9.17, 15) is 0 Å². The highest BCUT2D eigenvalue weighted by Gasteiger charge is 2.49. The maximum Gasteiger partial charge on any atom is 0.00859 e. The average molecular weight is 245 g/mol. The van der Waals surface area contributed by atoms with Gasteiger partial charge in [-0.15, -0.1) is 0 Å². The molecule has 0 bridgehead atoms. The van der Waals surface area contributed by atoms with Crippen LogP contribution in [0.5, 0.6) is 0 Å². The molecule has 2 rings (SSSR count). The van der Waals surface area contributed by atoms with E-state index >= 15 is 0 Å². The smallest absolute Gasteiger partial charge is 0.00859 e. The summed E-state index contributed by atoms with van der Waals surface area (Å²) in [5, 5.41) is 3.41. The quantitative estimate of drug-likeness (QED) is 0.851. The zero-order chi connectivity index (χ0) is 13.4. The Morgan fingerprint density at radius 1 is 1.22 bits per heavy atom. The van der Waals surface area contributed by atoms with Gasteiger partial charge in [-0.1, -0.05) is 45.0 Å². The predicted molar refractivity (Wildman–Crippen MR) is 79.0 cm³/mol. The first kappa shape index (κ1) is 13.6. The van der Waals surface area contributed by atoms with Gasteiger partial charge in [0.25, 0.3) is 0 Å². The lowest BCUT2D eigenvalue weighted by Crippen LogP contribution is -2.51. The number of hydrogen-bond donors (Lipinski definition) is 1. The third kappa shape index (κ3) is 2.33. The van der Waals surface area contributed by atoms with Gasteiger partial charge >= 0.3 is 0 Å². The van der Waals surface area contributed by atoms with Gasteiger partial charge in [0.1, 0.15) is 0 Å². The van der Waals surface area contributed by atoms with Crippen LogP contribution in [0.3, 0.4) is 0 Å². The first-order valence-corrected chi connectivity index (χ1v) is 7.10. The standard InChI is InChI=1S/C17H27N/c1-13-8-6-7-9-15(13)17(12-18-5)10-14(11-17)16(2,3)4/h6-9,14,18H,10-12H2,1-5H3. The number of rotatable bonds is 3. The van der Waals surface area contributed by atoms with Gasteiger partial charge in [0.2, 0.25) is 0 Å². The van der Waals surface area contributed by atoms with Gasteiger partial charge in [-0.25, -0.2) is 0 Å². The Balaban J connectivity index is 2.24. The zero-order valence-corrected chi connectivity index (χ0v) is 12.5. The monoisotopic (exact) mass is 245 g/mol. The van der Waals surface area contributed by atoms with Crippen LogP contribution >= 0.6 is 0 Å². The molecule has 1 saturated carbocycles. The Kier molecular flexibility index (Phi) is 3.55. The summed E-state index contributed by atoms with van der Waals surface area (Å²) in [7, 11) is 2.07. The van der Waals surface area contributed by atoms with Crippen LogP contribution in [0.25, 0.3) is 0 Å². The van der Waals surface area contributed by atoms with E-state index in [0.29, 0.717) is 10.8 Å². The fraction of sp³-hybridized carbons (Fsp3) is 0.647. The van der Waals surface area contributed by atoms with Crippen molar-refractivity contribution in [3.8, 4) is 0 Å². The van der Waals surface area contributed by atoms with E-state index in [-0.39, 0.29) is 0 Å². The molecule has 0 amide bonds. The normalized spacial score (nSPS) is 27.9. The largest absolute Gasteiger partial charge is 0.319 e. The third-order valence-electron chi connectivity index (χ3n) is 4.73. The first-order chi connectivity index (χ1) is 8.39. The van der Waals surface area contributed by atoms with Crippen molar-refractivity contribution in [1.82, 2.24) is 5.32 Å². The molecule has 0 radical (unpaired) electrons. The highest BCUT2D eigenvalue weighted by molar-refractivity contribution is 5.36. The fourth-order valence-corrected chi connectivity index (χ4v) is 3.46. The van der Waals surface area contributed by atoms with Gasteiger partial charge in [0.15, 0.2) is 0 Å². The molecule has 1 aromatic rings. The van der Waals surface area contributed by atoms with Crippen LogP contribution in [-0.4, -0.2) is 13.6 Å². The minimum atomic E-state index is 0.373. The fourth-order valence-electron chi connectivity index (χ4n) is 3.46. The molecule has 0 atom stereocenters. The van der Waals surface area contributed by atoms with E-state index in [1.54, 1.807) is 5.56 Å². The lowest BCUT2D eigenvalue weighted by Gasteiger charge is -2.54. The van der Waals surface area contributed by atoms with Gasteiger partial charge in [0.05, 0.1) is 0 Å². The second-order valence-electron chi connectivity index (χ2n) is 7.10. The molecule has 1 aromatic carbocycles. The molecule has 1 nitrogen and oxygen atoms in total. The SMILES string of the molecule is CNCC1(c2ccccc2C)CC(C(C)(C)C)C1. The number of nitrogens with one attached hydrogen (secondary N) is 1. The Morgan fingerprint density at radius 3 is 2.33 bits per heavy atom. The lowest BCUT2D eigenvalue weighted by atomic mass is 9.52. The number of likely N-dealkylation sites (N-methyl/N-ethyl adjacent to an activating group) is 1. The molecule has 1 fully saturated rings. The summed E-state index contributed by atoms with van der Waals surface area (Å²) in [6.45, 7) is 10.5. The third-order valence-corrected chi connectivity index (χ3v) is 4.73. The van der Waals surface area contributed by atoms with Gasteiger partial charge in [-0.2, -0.15) is 0 Å². The van der Waals surface area contributed by atoms with E-state index in [4.69, 9.17) is 0 Å². The highest BCUT2D eigenvalue weighted by Crippen LogP contribution is 2.54. The average Bonchev–Trinajstić information content (AvgIpc) is 2.22. The van der Waals surface area contributed by atoms with Crippen LogP contribution in [0.4, 0.5) is 0 Å². The summed E-state index contributed by atoms with van der Waals surface area (Å²) in [6.07, 6.45) is 2.64. The molecule has 0 unspecified atom stereocenters. The molecule has 0 heterocycles. The molecule has 0 aromatic heterocycles. The molecule has 0 aliphatic heterocycles. The molecule has 100 valence electrons. The maximum atomic E-state index is 3.41. The lowest BCUT2D eigenvalue weighted by molar-refractivity contribution is 0.0457. The molecule has 18 heavy (non-hydrogen) atoms. The highest BCUT2D eigenvalue weighted by atomic mass is 14.8. The van der Waals surface area contributed by atoms with Crippen LogP contribution in [0.2, 0.25) is 0 Å². The van der Waals surface area contributed by atoms with Crippen LogP contribution in [0.15, 0.2) is 24.3 Å². The van der Waals surface area contributed by atoms with Gasteiger partial charge in [-0.3, -0.25) is 0 Å². The van der Waals surface area contributed by atoms with E-state index in [1.807, 2.05) is 0 Å². The maximum absolute atomic E-state index is 3.41. The van der Waals surface area contributed by atoms with Crippen LogP contribution in [0.1, 0.15) is 44.7 Å². The molecular formula is C17H27N. The van der Waals surface area contributed by atoms with Crippen LogP contribution < -0.4 is 5.32 Å². The first-order valence-electron chi connectivity index (χ1n) is 7.10. The van der Waals surface area contributed by atoms with E-state index < -0.39 is 0 Å². The van der Waals surface area contributed by atoms with Crippen molar-refractivity contribution in [1.29, 1.82) is 0 Å². The minimum absolute atomic E-state index is 0.373. The molecule has 0 saturated heterocycles. The van der Waals surface area contributed by atoms with E-state index in [2.05, 4.69) is 64.3 Å². The van der Waals surface area contributed by atoms with Crippen molar-refractivity contribution in [3.63, 3.8) is 0 Å². The minimum Gasteiger partial charge on any atom is -0.319 e. The summed E-state index contributed by atoms with van der Waals surface area (Å²) in [6, 6.07) is 8.90.